The highest BCUT2D eigenvalue weighted by atomic mass is 32.2. The van der Waals surface area contributed by atoms with Gasteiger partial charge in [0.1, 0.15) is 5.01 Å². The summed E-state index contributed by atoms with van der Waals surface area (Å²) in [5, 5.41) is 19.3. The van der Waals surface area contributed by atoms with Crippen LogP contribution in [-0.4, -0.2) is 20.4 Å². The third-order valence-corrected chi connectivity index (χ3v) is 5.17. The second-order valence-corrected chi connectivity index (χ2v) is 7.49. The van der Waals surface area contributed by atoms with E-state index in [4.69, 9.17) is 4.42 Å². The van der Waals surface area contributed by atoms with Gasteiger partial charge in [0.2, 0.25) is 5.89 Å². The summed E-state index contributed by atoms with van der Waals surface area (Å²) in [5.41, 5.74) is 0. The molecule has 5 nitrogen and oxygen atoms in total. The van der Waals surface area contributed by atoms with E-state index in [1.54, 1.807) is 34.4 Å². The van der Waals surface area contributed by atoms with Gasteiger partial charge in [-0.25, -0.2) is 0 Å². The van der Waals surface area contributed by atoms with Crippen LogP contribution < -0.4 is 0 Å². The second kappa shape index (κ2) is 5.40. The van der Waals surface area contributed by atoms with Crippen LogP contribution in [0, 0.1) is 6.92 Å². The number of hydrogen-bond acceptors (Lipinski definition) is 8. The Kier molecular flexibility index (Phi) is 3.63. The molecule has 3 aromatic heterocycles. The van der Waals surface area contributed by atoms with Gasteiger partial charge in [-0.1, -0.05) is 29.2 Å². The number of aromatic nitrogens is 4. The Morgan fingerprint density at radius 2 is 2.16 bits per heavy atom. The number of rotatable bonds is 4. The van der Waals surface area contributed by atoms with Gasteiger partial charge in [-0.2, -0.15) is 0 Å². The molecule has 8 heteroatoms. The molecule has 98 valence electrons. The summed E-state index contributed by atoms with van der Waals surface area (Å²) in [4.78, 5) is 0.989. The van der Waals surface area contributed by atoms with Crippen LogP contribution >= 0.6 is 34.4 Å². The lowest BCUT2D eigenvalue weighted by molar-refractivity contribution is 0.510. The van der Waals surface area contributed by atoms with E-state index in [-0.39, 0.29) is 5.25 Å². The van der Waals surface area contributed by atoms with Crippen molar-refractivity contribution in [1.29, 1.82) is 0 Å². The average molecular weight is 310 g/mol. The molecule has 0 amide bonds. The van der Waals surface area contributed by atoms with Gasteiger partial charge in [0.25, 0.3) is 5.89 Å². The smallest absolute Gasteiger partial charge is 0.257 e. The lowest BCUT2D eigenvalue weighted by Gasteiger charge is -2.01. The molecule has 3 rings (SSSR count). The molecule has 0 saturated heterocycles. The molecule has 0 aromatic carbocycles. The second-order valence-electron chi connectivity index (χ2n) is 3.77. The highest BCUT2D eigenvalue weighted by Crippen LogP contribution is 2.36. The van der Waals surface area contributed by atoms with Gasteiger partial charge in [-0.05, 0) is 25.3 Å². The first-order valence-electron chi connectivity index (χ1n) is 5.56. The van der Waals surface area contributed by atoms with Gasteiger partial charge in [-0.15, -0.1) is 31.7 Å². The van der Waals surface area contributed by atoms with Crippen LogP contribution in [0.15, 0.2) is 26.3 Å². The van der Waals surface area contributed by atoms with Crippen molar-refractivity contribution in [3.63, 3.8) is 0 Å². The Morgan fingerprint density at radius 1 is 1.26 bits per heavy atom. The number of thioether (sulfide) groups is 1. The Hall–Kier alpha value is -1.25. The van der Waals surface area contributed by atoms with Crippen molar-refractivity contribution in [3.8, 4) is 10.8 Å². The molecule has 19 heavy (non-hydrogen) atoms. The Labute approximate surface area is 122 Å². The highest BCUT2D eigenvalue weighted by Gasteiger charge is 2.18. The summed E-state index contributed by atoms with van der Waals surface area (Å²) in [6.07, 6.45) is 0. The van der Waals surface area contributed by atoms with Crippen molar-refractivity contribution < 1.29 is 4.42 Å². The monoisotopic (exact) mass is 310 g/mol. The first kappa shape index (κ1) is 12.8. The molecule has 0 N–H and O–H groups in total. The van der Waals surface area contributed by atoms with Crippen LogP contribution in [0.5, 0.6) is 0 Å². The third-order valence-electron chi connectivity index (χ3n) is 2.31. The summed E-state index contributed by atoms with van der Waals surface area (Å²) >= 11 is 4.73. The molecule has 0 spiro atoms. The molecule has 0 saturated carbocycles. The summed E-state index contributed by atoms with van der Waals surface area (Å²) in [5.74, 6) is 1.19. The molecular weight excluding hydrogens is 300 g/mol. The van der Waals surface area contributed by atoms with Crippen LogP contribution in [0.1, 0.15) is 23.1 Å². The summed E-state index contributed by atoms with van der Waals surface area (Å²) in [6, 6.07) is 3.93. The predicted octanol–water partition coefficient (Wildman–Crippen LogP) is 3.81. The van der Waals surface area contributed by atoms with E-state index >= 15 is 0 Å². The van der Waals surface area contributed by atoms with Crippen LogP contribution in [0.3, 0.4) is 0 Å². The number of thiophene rings is 1. The first-order chi connectivity index (χ1) is 9.22. The van der Waals surface area contributed by atoms with E-state index in [1.165, 1.54) is 0 Å². The van der Waals surface area contributed by atoms with E-state index in [0.29, 0.717) is 11.8 Å². The van der Waals surface area contributed by atoms with Crippen molar-refractivity contribution in [1.82, 2.24) is 20.4 Å². The van der Waals surface area contributed by atoms with Crippen molar-refractivity contribution in [3.05, 3.63) is 28.4 Å². The first-order valence-corrected chi connectivity index (χ1v) is 8.14. The molecule has 3 aromatic rings. The van der Waals surface area contributed by atoms with Gasteiger partial charge in [0.05, 0.1) is 10.1 Å². The lowest BCUT2D eigenvalue weighted by atomic mass is 10.5. The minimum absolute atomic E-state index is 0.0635. The fourth-order valence-electron chi connectivity index (χ4n) is 1.43. The van der Waals surface area contributed by atoms with E-state index in [2.05, 4.69) is 20.4 Å². The summed E-state index contributed by atoms with van der Waals surface area (Å²) in [7, 11) is 0. The van der Waals surface area contributed by atoms with E-state index < -0.39 is 0 Å². The van der Waals surface area contributed by atoms with Crippen molar-refractivity contribution >= 4 is 34.4 Å². The molecule has 0 aliphatic heterocycles. The minimum atomic E-state index is 0.0635. The molecule has 0 aliphatic rings. The number of hydrogen-bond donors (Lipinski definition) is 0. The summed E-state index contributed by atoms with van der Waals surface area (Å²) < 4.78 is 6.61. The molecule has 3 heterocycles. The normalized spacial score (nSPS) is 12.7. The molecule has 1 unspecified atom stereocenters. The molecule has 0 aliphatic carbocycles. The molecular formula is C11H10N4OS3. The van der Waals surface area contributed by atoms with E-state index in [9.17, 15) is 0 Å². The van der Waals surface area contributed by atoms with Gasteiger partial charge < -0.3 is 4.42 Å². The Balaban J connectivity index is 1.75. The van der Waals surface area contributed by atoms with Crippen LogP contribution in [0.4, 0.5) is 0 Å². The maximum Gasteiger partial charge on any atom is 0.257 e. The van der Waals surface area contributed by atoms with Gasteiger partial charge in [0.15, 0.2) is 4.34 Å². The number of nitrogens with zero attached hydrogens (tertiary/aromatic N) is 4. The van der Waals surface area contributed by atoms with Crippen molar-refractivity contribution in [2.75, 3.05) is 0 Å². The van der Waals surface area contributed by atoms with Gasteiger partial charge in [0, 0.05) is 0 Å². The van der Waals surface area contributed by atoms with Crippen LogP contribution in [0.2, 0.25) is 0 Å². The van der Waals surface area contributed by atoms with Crippen molar-refractivity contribution in [2.24, 2.45) is 0 Å². The van der Waals surface area contributed by atoms with Crippen molar-refractivity contribution in [2.45, 2.75) is 23.4 Å². The minimum Gasteiger partial charge on any atom is -0.419 e. The largest absolute Gasteiger partial charge is 0.419 e. The Morgan fingerprint density at radius 3 is 2.84 bits per heavy atom. The van der Waals surface area contributed by atoms with Gasteiger partial charge >= 0.3 is 0 Å². The molecule has 0 bridgehead atoms. The fourth-order valence-corrected chi connectivity index (χ4v) is 4.06. The summed E-state index contributed by atoms with van der Waals surface area (Å²) in [6.45, 7) is 3.96. The topological polar surface area (TPSA) is 64.7 Å². The molecule has 0 fully saturated rings. The van der Waals surface area contributed by atoms with E-state index in [1.807, 2.05) is 31.4 Å². The van der Waals surface area contributed by atoms with Crippen LogP contribution in [-0.2, 0) is 0 Å². The highest BCUT2D eigenvalue weighted by molar-refractivity contribution is 8.01. The average Bonchev–Trinajstić information content (AvgIpc) is 3.08. The standard InChI is InChI=1S/C11H10N4OS3/c1-6(18-11-15-12-7(2)19-11)9-13-14-10(16-9)8-4-3-5-17-8/h3-6H,1-2H3. The molecule has 0 radical (unpaired) electrons. The van der Waals surface area contributed by atoms with Crippen LogP contribution in [0.25, 0.3) is 10.8 Å². The lowest BCUT2D eigenvalue weighted by Crippen LogP contribution is -1.88. The number of aryl methyl sites for hydroxylation is 1. The maximum absolute atomic E-state index is 5.69. The molecule has 1 atom stereocenters. The quantitative estimate of drug-likeness (QED) is 0.683. The SMILES string of the molecule is Cc1nnc(SC(C)c2nnc(-c3cccs3)o2)s1. The zero-order valence-electron chi connectivity index (χ0n) is 10.2. The zero-order chi connectivity index (χ0) is 13.2. The third kappa shape index (κ3) is 2.85. The van der Waals surface area contributed by atoms with Gasteiger partial charge in [-0.3, -0.25) is 0 Å². The zero-order valence-corrected chi connectivity index (χ0v) is 12.7. The maximum atomic E-state index is 5.69. The fraction of sp³-hybridized carbons (Fsp3) is 0.273. The Bertz CT molecular complexity index is 661. The van der Waals surface area contributed by atoms with E-state index in [0.717, 1.165) is 14.2 Å². The predicted molar refractivity (Wildman–Crippen MR) is 76.5 cm³/mol.